The Labute approximate surface area is 182 Å². The lowest BCUT2D eigenvalue weighted by Gasteiger charge is -2.27. The number of methoxy groups -OCH3 is 5. The lowest BCUT2D eigenvalue weighted by atomic mass is 9.92. The zero-order valence-electron chi connectivity index (χ0n) is 18.9. The van der Waals surface area contributed by atoms with E-state index in [1.807, 2.05) is 0 Å². The minimum Gasteiger partial charge on any atom is -0.493 e. The van der Waals surface area contributed by atoms with Crippen molar-refractivity contribution in [3.63, 3.8) is 0 Å². The average Bonchev–Trinajstić information content (AvgIpc) is 2.80. The zero-order chi connectivity index (χ0) is 23.1. The lowest BCUT2D eigenvalue weighted by molar-refractivity contribution is -0.0103. The molecule has 31 heavy (non-hydrogen) atoms. The van der Waals surface area contributed by atoms with Crippen molar-refractivity contribution in [2.24, 2.45) is 5.92 Å². The van der Waals surface area contributed by atoms with Crippen LogP contribution in [0.4, 0.5) is 0 Å². The number of carbonyl (C=O) groups is 1. The van der Waals surface area contributed by atoms with Crippen LogP contribution in [0.2, 0.25) is 0 Å². The normalized spacial score (nSPS) is 13.5. The molecule has 8 heteroatoms. The van der Waals surface area contributed by atoms with Crippen molar-refractivity contribution in [3.05, 3.63) is 41.5 Å². The van der Waals surface area contributed by atoms with Gasteiger partial charge in [0, 0.05) is 11.5 Å². The van der Waals surface area contributed by atoms with E-state index in [1.165, 1.54) is 35.5 Å². The van der Waals surface area contributed by atoms with E-state index in [4.69, 9.17) is 28.4 Å². The van der Waals surface area contributed by atoms with Gasteiger partial charge in [0.2, 0.25) is 5.75 Å². The van der Waals surface area contributed by atoms with Crippen molar-refractivity contribution in [1.29, 1.82) is 0 Å². The third-order valence-corrected chi connectivity index (χ3v) is 5.11. The fourth-order valence-electron chi connectivity index (χ4n) is 3.14. The summed E-state index contributed by atoms with van der Waals surface area (Å²) in [6.07, 6.45) is -1.53. The Morgan fingerprint density at radius 2 is 1.32 bits per heavy atom. The summed E-state index contributed by atoms with van der Waals surface area (Å²) in [4.78, 5) is 13.0. The fourth-order valence-corrected chi connectivity index (χ4v) is 3.14. The third-order valence-electron chi connectivity index (χ3n) is 5.11. The second-order valence-electron chi connectivity index (χ2n) is 6.95. The van der Waals surface area contributed by atoms with Crippen LogP contribution in [0.3, 0.4) is 0 Å². The SMILES string of the molecule is COc1ccc(C(=O)OC(c2cc(OC)c(OC)c(OC)c2)C(C)C(C)O)cc1OC. The minimum atomic E-state index is -0.783. The van der Waals surface area contributed by atoms with Gasteiger partial charge in [-0.25, -0.2) is 4.79 Å². The topological polar surface area (TPSA) is 92.7 Å². The molecule has 0 spiro atoms. The van der Waals surface area contributed by atoms with Crippen molar-refractivity contribution in [3.8, 4) is 28.7 Å². The summed E-state index contributed by atoms with van der Waals surface area (Å²) in [5.74, 6) is 1.16. The van der Waals surface area contributed by atoms with Crippen LogP contribution < -0.4 is 23.7 Å². The van der Waals surface area contributed by atoms with E-state index in [2.05, 4.69) is 0 Å². The lowest BCUT2D eigenvalue weighted by Crippen LogP contribution is -2.26. The smallest absolute Gasteiger partial charge is 0.338 e. The Bertz CT molecular complexity index is 868. The Hall–Kier alpha value is -3.13. The maximum atomic E-state index is 13.0. The standard InChI is InChI=1S/C23H30O8/c1-13(14(2)24)21(16-11-19(28-5)22(30-7)20(12-16)29-6)31-23(25)15-8-9-17(26-3)18(10-15)27-4/h8-14,21,24H,1-7H3. The van der Waals surface area contributed by atoms with E-state index in [1.54, 1.807) is 44.2 Å². The average molecular weight is 434 g/mol. The van der Waals surface area contributed by atoms with Gasteiger partial charge in [-0.1, -0.05) is 6.92 Å². The van der Waals surface area contributed by atoms with Crippen molar-refractivity contribution >= 4 is 5.97 Å². The van der Waals surface area contributed by atoms with Gasteiger partial charge in [-0.3, -0.25) is 0 Å². The first-order valence-corrected chi connectivity index (χ1v) is 9.72. The molecule has 8 nitrogen and oxygen atoms in total. The number of carbonyl (C=O) groups excluding carboxylic acids is 1. The van der Waals surface area contributed by atoms with E-state index in [-0.39, 0.29) is 5.56 Å². The molecule has 0 bridgehead atoms. The van der Waals surface area contributed by atoms with Crippen LogP contribution in [-0.2, 0) is 4.74 Å². The molecule has 0 aliphatic rings. The van der Waals surface area contributed by atoms with Crippen LogP contribution in [0.5, 0.6) is 28.7 Å². The van der Waals surface area contributed by atoms with Crippen LogP contribution in [-0.4, -0.2) is 52.7 Å². The minimum absolute atomic E-state index is 0.285. The number of hydrogen-bond acceptors (Lipinski definition) is 8. The Balaban J connectivity index is 2.48. The molecule has 2 aromatic rings. The Kier molecular flexibility index (Phi) is 8.38. The van der Waals surface area contributed by atoms with Crippen molar-refractivity contribution in [2.45, 2.75) is 26.1 Å². The van der Waals surface area contributed by atoms with Gasteiger partial charge in [-0.2, -0.15) is 0 Å². The zero-order valence-corrected chi connectivity index (χ0v) is 18.9. The molecule has 170 valence electrons. The quantitative estimate of drug-likeness (QED) is 0.567. The van der Waals surface area contributed by atoms with Gasteiger partial charge in [0.15, 0.2) is 23.0 Å². The molecular weight excluding hydrogens is 404 g/mol. The molecule has 0 fully saturated rings. The fraction of sp³-hybridized carbons (Fsp3) is 0.435. The molecule has 0 saturated carbocycles. The number of esters is 1. The number of hydrogen-bond donors (Lipinski definition) is 1. The predicted molar refractivity (Wildman–Crippen MR) is 115 cm³/mol. The van der Waals surface area contributed by atoms with Crippen LogP contribution in [0.25, 0.3) is 0 Å². The largest absolute Gasteiger partial charge is 0.493 e. The van der Waals surface area contributed by atoms with Gasteiger partial charge in [-0.15, -0.1) is 0 Å². The van der Waals surface area contributed by atoms with Gasteiger partial charge >= 0.3 is 5.97 Å². The maximum absolute atomic E-state index is 13.0. The number of benzene rings is 2. The van der Waals surface area contributed by atoms with E-state index in [9.17, 15) is 9.90 Å². The summed E-state index contributed by atoms with van der Waals surface area (Å²) < 4.78 is 32.5. The van der Waals surface area contributed by atoms with E-state index >= 15 is 0 Å². The van der Waals surface area contributed by atoms with Crippen molar-refractivity contribution < 1.29 is 38.3 Å². The molecule has 0 radical (unpaired) electrons. The highest BCUT2D eigenvalue weighted by molar-refractivity contribution is 5.90. The van der Waals surface area contributed by atoms with E-state index in [0.29, 0.717) is 34.3 Å². The highest BCUT2D eigenvalue weighted by Gasteiger charge is 2.30. The predicted octanol–water partition coefficient (Wildman–Crippen LogP) is 3.64. The highest BCUT2D eigenvalue weighted by atomic mass is 16.5. The molecule has 0 saturated heterocycles. The van der Waals surface area contributed by atoms with Crippen LogP contribution in [0.1, 0.15) is 35.9 Å². The molecular formula is C23H30O8. The number of ether oxygens (including phenoxy) is 6. The number of aliphatic hydroxyl groups excluding tert-OH is 1. The van der Waals surface area contributed by atoms with Gasteiger partial charge in [0.25, 0.3) is 0 Å². The highest BCUT2D eigenvalue weighted by Crippen LogP contribution is 2.42. The molecule has 3 unspecified atom stereocenters. The summed E-state index contributed by atoms with van der Waals surface area (Å²) in [6.45, 7) is 3.43. The van der Waals surface area contributed by atoms with Gasteiger partial charge in [0.05, 0.1) is 47.2 Å². The van der Waals surface area contributed by atoms with Gasteiger partial charge in [0.1, 0.15) is 6.10 Å². The van der Waals surface area contributed by atoms with Gasteiger partial charge < -0.3 is 33.5 Å². The summed E-state index contributed by atoms with van der Waals surface area (Å²) in [6, 6.07) is 8.16. The summed E-state index contributed by atoms with van der Waals surface area (Å²) in [5, 5.41) is 10.2. The van der Waals surface area contributed by atoms with Crippen molar-refractivity contribution in [2.75, 3.05) is 35.5 Å². The van der Waals surface area contributed by atoms with Gasteiger partial charge in [-0.05, 0) is 37.3 Å². The monoisotopic (exact) mass is 434 g/mol. The maximum Gasteiger partial charge on any atom is 0.338 e. The molecule has 2 aromatic carbocycles. The molecule has 1 N–H and O–H groups in total. The Morgan fingerprint density at radius 1 is 0.774 bits per heavy atom. The summed E-state index contributed by atoms with van der Waals surface area (Å²) in [7, 11) is 7.52. The third kappa shape index (κ3) is 5.32. The Morgan fingerprint density at radius 3 is 1.77 bits per heavy atom. The molecule has 0 aliphatic heterocycles. The molecule has 0 heterocycles. The molecule has 3 atom stereocenters. The molecule has 0 aromatic heterocycles. The van der Waals surface area contributed by atoms with Crippen LogP contribution >= 0.6 is 0 Å². The first kappa shape index (κ1) is 24.1. The first-order chi connectivity index (χ1) is 14.8. The van der Waals surface area contributed by atoms with Crippen molar-refractivity contribution in [1.82, 2.24) is 0 Å². The number of rotatable bonds is 10. The van der Waals surface area contributed by atoms with Crippen LogP contribution in [0.15, 0.2) is 30.3 Å². The molecule has 2 rings (SSSR count). The number of aliphatic hydroxyl groups is 1. The van der Waals surface area contributed by atoms with E-state index in [0.717, 1.165) is 0 Å². The summed E-state index contributed by atoms with van der Waals surface area (Å²) in [5.41, 5.74) is 0.879. The second-order valence-corrected chi connectivity index (χ2v) is 6.95. The molecule has 0 amide bonds. The summed E-state index contributed by atoms with van der Waals surface area (Å²) >= 11 is 0. The molecule has 0 aliphatic carbocycles. The second kappa shape index (κ2) is 10.8. The van der Waals surface area contributed by atoms with Crippen LogP contribution in [0, 0.1) is 5.92 Å². The van der Waals surface area contributed by atoms with E-state index < -0.39 is 24.1 Å². The first-order valence-electron chi connectivity index (χ1n) is 9.72.